The standard InChI is InChI=1S/C18H27ClN2.C2H2O4/c19-17-7-5-6-16(14-17)15-20-10-12-21(13-11-20)18-8-3-1-2-4-9-18;3-1(4)2(5)6/h5-7,14,18H,1-4,8-13,15H2;(H,3,4)(H,5,6). The van der Waals surface area contributed by atoms with Crippen molar-refractivity contribution >= 4 is 23.5 Å². The molecule has 7 heteroatoms. The molecule has 2 N–H and O–H groups in total. The zero-order chi connectivity index (χ0) is 19.6. The maximum absolute atomic E-state index is 9.10. The molecule has 0 amide bonds. The first-order valence-corrected chi connectivity index (χ1v) is 10.0. The minimum absolute atomic E-state index is 0.851. The van der Waals surface area contributed by atoms with E-state index in [1.165, 1.54) is 70.3 Å². The second-order valence-electron chi connectivity index (χ2n) is 7.20. The largest absolute Gasteiger partial charge is 0.473 e. The lowest BCUT2D eigenvalue weighted by Gasteiger charge is -2.39. The fraction of sp³-hybridized carbons (Fsp3) is 0.600. The van der Waals surface area contributed by atoms with E-state index in [1.54, 1.807) is 0 Å². The predicted molar refractivity (Wildman–Crippen MR) is 105 cm³/mol. The lowest BCUT2D eigenvalue weighted by molar-refractivity contribution is -0.159. The molecule has 1 aromatic rings. The topological polar surface area (TPSA) is 81.1 Å². The molecule has 2 aliphatic rings. The zero-order valence-electron chi connectivity index (χ0n) is 15.6. The molecule has 1 aliphatic carbocycles. The van der Waals surface area contributed by atoms with Crippen LogP contribution in [0.25, 0.3) is 0 Å². The highest BCUT2D eigenvalue weighted by Gasteiger charge is 2.24. The van der Waals surface area contributed by atoms with E-state index in [-0.39, 0.29) is 0 Å². The van der Waals surface area contributed by atoms with Gasteiger partial charge in [0.1, 0.15) is 0 Å². The van der Waals surface area contributed by atoms with Crippen LogP contribution in [0, 0.1) is 0 Å². The van der Waals surface area contributed by atoms with Gasteiger partial charge in [0.25, 0.3) is 0 Å². The molecule has 27 heavy (non-hydrogen) atoms. The van der Waals surface area contributed by atoms with Crippen LogP contribution < -0.4 is 0 Å². The second kappa shape index (κ2) is 11.3. The highest BCUT2D eigenvalue weighted by Crippen LogP contribution is 2.23. The van der Waals surface area contributed by atoms with Crippen LogP contribution in [0.3, 0.4) is 0 Å². The molecule has 3 rings (SSSR count). The van der Waals surface area contributed by atoms with E-state index in [1.807, 2.05) is 6.07 Å². The summed E-state index contributed by atoms with van der Waals surface area (Å²) in [5.41, 5.74) is 1.34. The van der Waals surface area contributed by atoms with Crippen molar-refractivity contribution in [1.29, 1.82) is 0 Å². The van der Waals surface area contributed by atoms with Crippen LogP contribution in [-0.4, -0.2) is 64.2 Å². The SMILES string of the molecule is Clc1cccc(CN2CCN(C3CCCCCC3)CC2)c1.O=C(O)C(=O)O. The lowest BCUT2D eigenvalue weighted by atomic mass is 10.1. The molecule has 1 saturated heterocycles. The second-order valence-corrected chi connectivity index (χ2v) is 7.63. The van der Waals surface area contributed by atoms with E-state index in [0.29, 0.717) is 0 Å². The van der Waals surface area contributed by atoms with E-state index in [9.17, 15) is 0 Å². The van der Waals surface area contributed by atoms with E-state index >= 15 is 0 Å². The number of carbonyl (C=O) groups is 2. The summed E-state index contributed by atoms with van der Waals surface area (Å²) in [6, 6.07) is 9.15. The summed E-state index contributed by atoms with van der Waals surface area (Å²) >= 11 is 6.08. The van der Waals surface area contributed by atoms with E-state index in [2.05, 4.69) is 28.0 Å². The minimum Gasteiger partial charge on any atom is -0.473 e. The summed E-state index contributed by atoms with van der Waals surface area (Å²) in [5, 5.41) is 15.6. The van der Waals surface area contributed by atoms with Crippen LogP contribution in [0.15, 0.2) is 24.3 Å². The number of benzene rings is 1. The van der Waals surface area contributed by atoms with Gasteiger partial charge >= 0.3 is 11.9 Å². The molecular weight excluding hydrogens is 368 g/mol. The van der Waals surface area contributed by atoms with Crippen molar-refractivity contribution in [2.24, 2.45) is 0 Å². The van der Waals surface area contributed by atoms with Gasteiger partial charge in [0.05, 0.1) is 0 Å². The van der Waals surface area contributed by atoms with Crippen LogP contribution in [0.4, 0.5) is 0 Å². The Hall–Kier alpha value is -1.63. The molecule has 0 spiro atoms. The van der Waals surface area contributed by atoms with Gasteiger partial charge in [-0.3, -0.25) is 9.80 Å². The molecule has 1 heterocycles. The van der Waals surface area contributed by atoms with Crippen LogP contribution in [0.1, 0.15) is 44.1 Å². The normalized spacial score (nSPS) is 19.6. The summed E-state index contributed by atoms with van der Waals surface area (Å²) in [6.45, 7) is 5.92. The first-order valence-electron chi connectivity index (χ1n) is 9.63. The zero-order valence-corrected chi connectivity index (χ0v) is 16.4. The Labute approximate surface area is 165 Å². The van der Waals surface area contributed by atoms with Gasteiger partial charge in [0.2, 0.25) is 0 Å². The van der Waals surface area contributed by atoms with Crippen LogP contribution in [0.5, 0.6) is 0 Å². The summed E-state index contributed by atoms with van der Waals surface area (Å²) in [6.07, 6.45) is 8.62. The van der Waals surface area contributed by atoms with Crippen molar-refractivity contribution < 1.29 is 19.8 Å². The number of halogens is 1. The van der Waals surface area contributed by atoms with Gasteiger partial charge in [-0.15, -0.1) is 0 Å². The van der Waals surface area contributed by atoms with E-state index in [0.717, 1.165) is 17.6 Å². The maximum atomic E-state index is 9.10. The minimum atomic E-state index is -1.82. The van der Waals surface area contributed by atoms with Crippen molar-refractivity contribution in [3.8, 4) is 0 Å². The van der Waals surface area contributed by atoms with Crippen LogP contribution >= 0.6 is 11.6 Å². The Morgan fingerprint density at radius 1 is 0.963 bits per heavy atom. The summed E-state index contributed by atoms with van der Waals surface area (Å²) < 4.78 is 0. The number of hydrogen-bond acceptors (Lipinski definition) is 4. The Kier molecular flexibility index (Phi) is 9.04. The molecule has 0 radical (unpaired) electrons. The third kappa shape index (κ3) is 7.87. The van der Waals surface area contributed by atoms with Crippen LogP contribution in [0.2, 0.25) is 5.02 Å². The lowest BCUT2D eigenvalue weighted by Crippen LogP contribution is -2.49. The molecule has 0 bridgehead atoms. The van der Waals surface area contributed by atoms with Crippen LogP contribution in [-0.2, 0) is 16.1 Å². The molecule has 6 nitrogen and oxygen atoms in total. The van der Waals surface area contributed by atoms with Gasteiger partial charge in [-0.05, 0) is 30.5 Å². The third-order valence-corrected chi connectivity index (χ3v) is 5.46. The number of carboxylic acid groups (broad SMARTS) is 2. The van der Waals surface area contributed by atoms with Crippen molar-refractivity contribution in [2.75, 3.05) is 26.2 Å². The Bertz CT molecular complexity index is 598. The first-order chi connectivity index (χ1) is 13.0. The molecular formula is C20H29ClN2O4. The molecule has 1 saturated carbocycles. The molecule has 150 valence electrons. The smallest absolute Gasteiger partial charge is 0.414 e. The van der Waals surface area contributed by atoms with Gasteiger partial charge in [-0.25, -0.2) is 9.59 Å². The molecule has 0 unspecified atom stereocenters. The number of rotatable bonds is 3. The molecule has 2 fully saturated rings. The van der Waals surface area contributed by atoms with Gasteiger partial charge in [-0.2, -0.15) is 0 Å². The van der Waals surface area contributed by atoms with Crippen molar-refractivity contribution in [3.05, 3.63) is 34.9 Å². The quantitative estimate of drug-likeness (QED) is 0.602. The number of piperazine rings is 1. The molecule has 0 atom stereocenters. The molecule has 1 aromatic carbocycles. The highest BCUT2D eigenvalue weighted by molar-refractivity contribution is 6.30. The van der Waals surface area contributed by atoms with E-state index in [4.69, 9.17) is 31.4 Å². The third-order valence-electron chi connectivity index (χ3n) is 5.23. The monoisotopic (exact) mass is 396 g/mol. The van der Waals surface area contributed by atoms with Crippen molar-refractivity contribution in [2.45, 2.75) is 51.1 Å². The fourth-order valence-corrected chi connectivity index (χ4v) is 4.02. The van der Waals surface area contributed by atoms with Gasteiger partial charge in [0, 0.05) is 43.8 Å². The van der Waals surface area contributed by atoms with Gasteiger partial charge in [-0.1, -0.05) is 49.4 Å². The molecule has 1 aliphatic heterocycles. The predicted octanol–water partition coefficient (Wildman–Crippen LogP) is 3.34. The fourth-order valence-electron chi connectivity index (χ4n) is 3.80. The van der Waals surface area contributed by atoms with Gasteiger partial charge < -0.3 is 10.2 Å². The summed E-state index contributed by atoms with van der Waals surface area (Å²) in [4.78, 5) is 23.5. The van der Waals surface area contributed by atoms with E-state index < -0.39 is 11.9 Å². The average molecular weight is 397 g/mol. The molecule has 0 aromatic heterocycles. The Morgan fingerprint density at radius 3 is 2.07 bits per heavy atom. The number of aliphatic carboxylic acids is 2. The maximum Gasteiger partial charge on any atom is 0.414 e. The first kappa shape index (κ1) is 21.7. The highest BCUT2D eigenvalue weighted by atomic mass is 35.5. The summed E-state index contributed by atoms with van der Waals surface area (Å²) in [5.74, 6) is -3.65. The van der Waals surface area contributed by atoms with Crippen molar-refractivity contribution in [1.82, 2.24) is 9.80 Å². The van der Waals surface area contributed by atoms with Crippen molar-refractivity contribution in [3.63, 3.8) is 0 Å². The Balaban J connectivity index is 0.000000380. The van der Waals surface area contributed by atoms with Gasteiger partial charge in [0.15, 0.2) is 0 Å². The Morgan fingerprint density at radius 2 is 1.56 bits per heavy atom. The number of hydrogen-bond donors (Lipinski definition) is 2. The summed E-state index contributed by atoms with van der Waals surface area (Å²) in [7, 11) is 0. The average Bonchev–Trinajstić information content (AvgIpc) is 2.92. The number of carboxylic acids is 2. The number of nitrogens with zero attached hydrogens (tertiary/aromatic N) is 2.